The fourth-order valence-electron chi connectivity index (χ4n) is 3.86. The lowest BCUT2D eigenvalue weighted by Crippen LogP contribution is -2.24. The molecule has 1 heterocycles. The van der Waals surface area contributed by atoms with Crippen molar-refractivity contribution in [2.45, 2.75) is 20.0 Å². The molecule has 1 aromatic heterocycles. The molecule has 0 aliphatic heterocycles. The number of nitrogens with one attached hydrogen (secondary N) is 2. The van der Waals surface area contributed by atoms with Crippen molar-refractivity contribution in [2.75, 3.05) is 0 Å². The summed E-state index contributed by atoms with van der Waals surface area (Å²) in [7, 11) is 1.75. The van der Waals surface area contributed by atoms with E-state index < -0.39 is 23.4 Å². The smallest absolute Gasteiger partial charge is 0.251 e. The molecule has 0 atom stereocenters. The summed E-state index contributed by atoms with van der Waals surface area (Å²) in [5.41, 5.74) is 3.41. The molecule has 0 aliphatic carbocycles. The molecule has 0 radical (unpaired) electrons. The summed E-state index contributed by atoms with van der Waals surface area (Å²) in [4.78, 5) is 13.0. The van der Waals surface area contributed by atoms with Crippen LogP contribution < -0.4 is 10.9 Å². The third-order valence-corrected chi connectivity index (χ3v) is 5.68. The van der Waals surface area contributed by atoms with Crippen LogP contribution in [0.2, 0.25) is 0 Å². The van der Waals surface area contributed by atoms with Crippen molar-refractivity contribution in [3.8, 4) is 11.1 Å². The summed E-state index contributed by atoms with van der Waals surface area (Å²) in [6.45, 7) is 1.85. The first kappa shape index (κ1) is 24.0. The Labute approximate surface area is 198 Å². The van der Waals surface area contributed by atoms with Gasteiger partial charge in [0.25, 0.3) is 5.91 Å². The molecule has 2 N–H and O–H groups in total. The van der Waals surface area contributed by atoms with Crippen molar-refractivity contribution in [3.63, 3.8) is 0 Å². The number of imidazole rings is 1. The number of benzene rings is 3. The largest absolute Gasteiger partial charge is 0.348 e. The van der Waals surface area contributed by atoms with E-state index in [4.69, 9.17) is 5.41 Å². The van der Waals surface area contributed by atoms with Crippen LogP contribution in [0.15, 0.2) is 60.9 Å². The minimum absolute atomic E-state index is 0.0687. The minimum atomic E-state index is -1.57. The molecule has 1 amide bonds. The van der Waals surface area contributed by atoms with Crippen LogP contribution in [0.25, 0.3) is 11.1 Å². The number of nitrogens with zero attached hydrogens (tertiary/aromatic N) is 2. The Kier molecular flexibility index (Phi) is 6.59. The van der Waals surface area contributed by atoms with Gasteiger partial charge in [-0.25, -0.2) is 17.6 Å². The second kappa shape index (κ2) is 9.61. The minimum Gasteiger partial charge on any atom is -0.348 e. The van der Waals surface area contributed by atoms with E-state index in [9.17, 15) is 22.4 Å². The Bertz CT molecular complexity index is 1470. The summed E-state index contributed by atoms with van der Waals surface area (Å²) in [6, 6.07) is 11.2. The number of rotatable bonds is 6. The van der Waals surface area contributed by atoms with Gasteiger partial charge in [0.2, 0.25) is 5.62 Å². The second-order valence-electron chi connectivity index (χ2n) is 8.29. The van der Waals surface area contributed by atoms with Gasteiger partial charge >= 0.3 is 0 Å². The summed E-state index contributed by atoms with van der Waals surface area (Å²) >= 11 is 0. The van der Waals surface area contributed by atoms with Gasteiger partial charge in [0, 0.05) is 31.5 Å². The molecule has 0 spiro atoms. The van der Waals surface area contributed by atoms with E-state index in [0.29, 0.717) is 17.7 Å². The van der Waals surface area contributed by atoms with Gasteiger partial charge in [0.15, 0.2) is 17.5 Å². The maximum atomic E-state index is 13.7. The Balaban J connectivity index is 1.68. The van der Waals surface area contributed by atoms with Gasteiger partial charge in [-0.2, -0.15) is 0 Å². The number of aryl methyl sites for hydroxylation is 2. The predicted octanol–water partition coefficient (Wildman–Crippen LogP) is 4.82. The molecule has 0 unspecified atom stereocenters. The van der Waals surface area contributed by atoms with Crippen molar-refractivity contribution >= 4 is 5.91 Å². The molecule has 180 valence electrons. The molecule has 5 nitrogen and oxygen atoms in total. The first-order chi connectivity index (χ1) is 16.6. The average molecular weight is 482 g/mol. The van der Waals surface area contributed by atoms with Gasteiger partial charge in [-0.05, 0) is 77.2 Å². The van der Waals surface area contributed by atoms with Crippen LogP contribution in [0, 0.1) is 35.6 Å². The first-order valence-corrected chi connectivity index (χ1v) is 10.7. The number of carbonyl (C=O) groups is 1. The van der Waals surface area contributed by atoms with Crippen molar-refractivity contribution < 1.29 is 22.4 Å². The van der Waals surface area contributed by atoms with E-state index in [1.807, 2.05) is 6.07 Å². The van der Waals surface area contributed by atoms with Gasteiger partial charge in [0.1, 0.15) is 5.82 Å². The zero-order valence-corrected chi connectivity index (χ0v) is 19.0. The normalized spacial score (nSPS) is 11.0. The third-order valence-electron chi connectivity index (χ3n) is 5.68. The van der Waals surface area contributed by atoms with E-state index in [1.165, 1.54) is 12.1 Å². The molecule has 0 fully saturated rings. The van der Waals surface area contributed by atoms with Crippen molar-refractivity contribution in [1.82, 2.24) is 14.5 Å². The predicted molar refractivity (Wildman–Crippen MR) is 122 cm³/mol. The highest BCUT2D eigenvalue weighted by Crippen LogP contribution is 2.27. The lowest BCUT2D eigenvalue weighted by Gasteiger charge is -2.13. The number of hydrogen-bond donors (Lipinski definition) is 2. The summed E-state index contributed by atoms with van der Waals surface area (Å²) in [6.07, 6.45) is 3.49. The number of hydrogen-bond acceptors (Lipinski definition) is 2. The topological polar surface area (TPSA) is 62.8 Å². The van der Waals surface area contributed by atoms with Gasteiger partial charge in [-0.15, -0.1) is 0 Å². The fourth-order valence-corrected chi connectivity index (χ4v) is 3.86. The maximum Gasteiger partial charge on any atom is 0.251 e. The van der Waals surface area contributed by atoms with E-state index in [-0.39, 0.29) is 29.1 Å². The second-order valence-corrected chi connectivity index (χ2v) is 8.29. The molecule has 0 aliphatic rings. The van der Waals surface area contributed by atoms with Crippen LogP contribution in [0.5, 0.6) is 0 Å². The van der Waals surface area contributed by atoms with E-state index in [2.05, 4.69) is 5.32 Å². The first-order valence-electron chi connectivity index (χ1n) is 10.7. The SMILES string of the molecule is Cc1cc(F)ccc1-c1cc(Cn2ccn(C)c2=N)cc(C(=O)NCc2cc(F)c(F)c(F)c2)c1. The van der Waals surface area contributed by atoms with Crippen molar-refractivity contribution in [1.29, 1.82) is 5.41 Å². The Morgan fingerprint density at radius 1 is 0.943 bits per heavy atom. The molecule has 9 heteroatoms. The average Bonchev–Trinajstić information content (AvgIpc) is 3.12. The van der Waals surface area contributed by atoms with Crippen LogP contribution in [0.4, 0.5) is 17.6 Å². The van der Waals surface area contributed by atoms with Gasteiger partial charge in [-0.3, -0.25) is 10.2 Å². The Morgan fingerprint density at radius 2 is 1.66 bits per heavy atom. The van der Waals surface area contributed by atoms with Crippen molar-refractivity contribution in [3.05, 3.63) is 112 Å². The number of carbonyl (C=O) groups excluding carboxylic acids is 1. The van der Waals surface area contributed by atoms with Crippen molar-refractivity contribution in [2.24, 2.45) is 7.05 Å². The molecule has 0 saturated carbocycles. The molecule has 0 bridgehead atoms. The van der Waals surface area contributed by atoms with Crippen LogP contribution >= 0.6 is 0 Å². The Hall–Kier alpha value is -4.14. The molecule has 4 rings (SSSR count). The van der Waals surface area contributed by atoms with E-state index in [1.54, 1.807) is 53.7 Å². The standard InChI is InChI=1S/C26H22F4N4O/c1-15-7-20(27)3-4-21(15)18-8-17(14-34-6-5-33(2)26(34)31)9-19(12-18)25(35)32-13-16-10-22(28)24(30)23(29)11-16/h3-12,31H,13-14H2,1-2H3,(H,32,35). The zero-order chi connectivity index (χ0) is 25.3. The molecule has 4 aromatic rings. The molecular weight excluding hydrogens is 460 g/mol. The van der Waals surface area contributed by atoms with Gasteiger partial charge < -0.3 is 14.5 Å². The molecular formula is C26H22F4N4O. The summed E-state index contributed by atoms with van der Waals surface area (Å²) in [5.74, 6) is -5.13. The number of aromatic nitrogens is 2. The molecule has 0 saturated heterocycles. The maximum absolute atomic E-state index is 13.7. The Morgan fingerprint density at radius 3 is 2.29 bits per heavy atom. The quantitative estimate of drug-likeness (QED) is 0.301. The van der Waals surface area contributed by atoms with E-state index in [0.717, 1.165) is 23.3 Å². The van der Waals surface area contributed by atoms with Crippen LogP contribution in [0.3, 0.4) is 0 Å². The third kappa shape index (κ3) is 5.18. The summed E-state index contributed by atoms with van der Waals surface area (Å²) < 4.78 is 57.2. The van der Waals surface area contributed by atoms with E-state index >= 15 is 0 Å². The van der Waals surface area contributed by atoms with Gasteiger partial charge in [-0.1, -0.05) is 6.07 Å². The molecule has 35 heavy (non-hydrogen) atoms. The molecule has 3 aromatic carbocycles. The van der Waals surface area contributed by atoms with Crippen LogP contribution in [0.1, 0.15) is 27.0 Å². The fraction of sp³-hybridized carbons (Fsp3) is 0.154. The number of halogens is 4. The van der Waals surface area contributed by atoms with Crippen LogP contribution in [-0.4, -0.2) is 15.0 Å². The highest BCUT2D eigenvalue weighted by atomic mass is 19.2. The highest BCUT2D eigenvalue weighted by Gasteiger charge is 2.15. The van der Waals surface area contributed by atoms with Crippen LogP contribution in [-0.2, 0) is 20.1 Å². The zero-order valence-electron chi connectivity index (χ0n) is 19.0. The number of amides is 1. The summed E-state index contributed by atoms with van der Waals surface area (Å²) in [5, 5.41) is 10.8. The monoisotopic (exact) mass is 482 g/mol. The van der Waals surface area contributed by atoms with Gasteiger partial charge in [0.05, 0.1) is 6.54 Å². The lowest BCUT2D eigenvalue weighted by atomic mass is 9.96. The lowest BCUT2D eigenvalue weighted by molar-refractivity contribution is 0.0950. The highest BCUT2D eigenvalue weighted by molar-refractivity contribution is 5.95.